The fourth-order valence-electron chi connectivity index (χ4n) is 1.20. The van der Waals surface area contributed by atoms with Crippen molar-refractivity contribution in [3.63, 3.8) is 0 Å². The molecular weight excluding hydrogens is 311 g/mol. The number of rotatable bonds is 7. The van der Waals surface area contributed by atoms with Crippen molar-refractivity contribution in [2.75, 3.05) is 18.5 Å². The Morgan fingerprint density at radius 2 is 2.23 bits per heavy atom. The Hall–Kier alpha value is -2.68. The Balaban J connectivity index is 2.75. The van der Waals surface area contributed by atoms with Crippen molar-refractivity contribution in [1.29, 1.82) is 5.26 Å². The van der Waals surface area contributed by atoms with Crippen LogP contribution in [-0.2, 0) is 4.74 Å². The van der Waals surface area contributed by atoms with Gasteiger partial charge in [0.05, 0.1) is 17.6 Å². The summed E-state index contributed by atoms with van der Waals surface area (Å²) in [7, 11) is 0. The van der Waals surface area contributed by atoms with E-state index in [0.29, 0.717) is 0 Å². The molecule has 1 aromatic heterocycles. The first-order valence-corrected chi connectivity index (χ1v) is 5.74. The van der Waals surface area contributed by atoms with Gasteiger partial charge in [0.1, 0.15) is 18.8 Å². The molecule has 1 rings (SSSR count). The minimum absolute atomic E-state index is 0.277. The van der Waals surface area contributed by atoms with Crippen LogP contribution in [0.1, 0.15) is 6.92 Å². The van der Waals surface area contributed by atoms with Gasteiger partial charge < -0.3 is 10.1 Å². The Morgan fingerprint density at radius 1 is 1.55 bits per heavy atom. The van der Waals surface area contributed by atoms with Crippen molar-refractivity contribution in [3.8, 4) is 12.1 Å². The molecule has 0 saturated carbocycles. The van der Waals surface area contributed by atoms with E-state index >= 15 is 0 Å². The lowest BCUT2D eigenvalue weighted by molar-refractivity contribution is -0.384. The predicted octanol–water partition coefficient (Wildman–Crippen LogP) is 1.62. The van der Waals surface area contributed by atoms with Crippen molar-refractivity contribution in [2.45, 2.75) is 19.3 Å². The van der Waals surface area contributed by atoms with Crippen molar-refractivity contribution < 1.29 is 27.6 Å². The SMILES string of the molecule is CC(C#N)Nc1nc(OCCOC(F)(F)F)ncc1[N+](=O)[O-]. The third kappa shape index (κ3) is 5.75. The molecule has 22 heavy (non-hydrogen) atoms. The van der Waals surface area contributed by atoms with E-state index in [4.69, 9.17) is 10.00 Å². The molecule has 0 fully saturated rings. The maximum Gasteiger partial charge on any atom is 0.522 e. The molecule has 0 spiro atoms. The van der Waals surface area contributed by atoms with Gasteiger partial charge in [-0.05, 0) is 6.92 Å². The molecule has 0 saturated heterocycles. The van der Waals surface area contributed by atoms with E-state index in [1.165, 1.54) is 6.92 Å². The molecule has 0 aromatic carbocycles. The minimum atomic E-state index is -4.78. The molecule has 0 aliphatic heterocycles. The molecule has 1 unspecified atom stereocenters. The zero-order chi connectivity index (χ0) is 16.8. The second-order valence-corrected chi connectivity index (χ2v) is 3.78. The molecule has 1 N–H and O–H groups in total. The fourth-order valence-corrected chi connectivity index (χ4v) is 1.20. The number of halogens is 3. The average Bonchev–Trinajstić information content (AvgIpc) is 2.42. The van der Waals surface area contributed by atoms with Crippen LogP contribution in [0.5, 0.6) is 6.01 Å². The standard InChI is InChI=1S/C10H10F3N5O4/c1-6(4-14)16-8-7(18(19)20)5-15-9(17-8)21-2-3-22-10(11,12)13/h5-6H,2-3H2,1H3,(H,15,16,17). The highest BCUT2D eigenvalue weighted by Gasteiger charge is 2.28. The normalized spacial score (nSPS) is 12.3. The van der Waals surface area contributed by atoms with E-state index in [2.05, 4.69) is 20.0 Å². The van der Waals surface area contributed by atoms with Gasteiger partial charge in [-0.2, -0.15) is 15.2 Å². The number of ether oxygens (including phenoxy) is 2. The fraction of sp³-hybridized carbons (Fsp3) is 0.500. The van der Waals surface area contributed by atoms with Crippen LogP contribution in [0.2, 0.25) is 0 Å². The lowest BCUT2D eigenvalue weighted by Gasteiger charge is -2.10. The molecule has 1 heterocycles. The number of nitriles is 1. The Kier molecular flexibility index (Phi) is 5.81. The van der Waals surface area contributed by atoms with Gasteiger partial charge in [0.25, 0.3) is 0 Å². The lowest BCUT2D eigenvalue weighted by atomic mass is 10.3. The largest absolute Gasteiger partial charge is 0.522 e. The first-order valence-electron chi connectivity index (χ1n) is 5.74. The molecule has 1 aromatic rings. The topological polar surface area (TPSA) is 123 Å². The monoisotopic (exact) mass is 321 g/mol. The Labute approximate surface area is 121 Å². The zero-order valence-corrected chi connectivity index (χ0v) is 11.1. The molecule has 1 atom stereocenters. The van der Waals surface area contributed by atoms with Crippen LogP contribution in [0, 0.1) is 21.4 Å². The highest BCUT2D eigenvalue weighted by molar-refractivity contribution is 5.55. The van der Waals surface area contributed by atoms with Crippen molar-refractivity contribution in [2.24, 2.45) is 0 Å². The van der Waals surface area contributed by atoms with E-state index in [-0.39, 0.29) is 11.8 Å². The van der Waals surface area contributed by atoms with E-state index in [1.807, 2.05) is 0 Å². The second-order valence-electron chi connectivity index (χ2n) is 3.78. The Morgan fingerprint density at radius 3 is 2.77 bits per heavy atom. The van der Waals surface area contributed by atoms with Gasteiger partial charge in [0.15, 0.2) is 0 Å². The third-order valence-electron chi connectivity index (χ3n) is 2.07. The number of nitro groups is 1. The number of alkyl halides is 3. The van der Waals surface area contributed by atoms with Crippen LogP contribution in [0.25, 0.3) is 0 Å². The van der Waals surface area contributed by atoms with Gasteiger partial charge in [-0.15, -0.1) is 13.2 Å². The molecule has 9 nitrogen and oxygen atoms in total. The molecular formula is C10H10F3N5O4. The lowest BCUT2D eigenvalue weighted by Crippen LogP contribution is -2.19. The number of anilines is 1. The first-order chi connectivity index (χ1) is 10.2. The highest BCUT2D eigenvalue weighted by atomic mass is 19.4. The van der Waals surface area contributed by atoms with Crippen molar-refractivity contribution in [3.05, 3.63) is 16.3 Å². The summed E-state index contributed by atoms with van der Waals surface area (Å²) < 4.78 is 43.5. The van der Waals surface area contributed by atoms with E-state index in [0.717, 1.165) is 6.20 Å². The maximum absolute atomic E-state index is 11.7. The van der Waals surface area contributed by atoms with Crippen LogP contribution >= 0.6 is 0 Å². The van der Waals surface area contributed by atoms with Crippen molar-refractivity contribution >= 4 is 11.5 Å². The third-order valence-corrected chi connectivity index (χ3v) is 2.07. The predicted molar refractivity (Wildman–Crippen MR) is 64.9 cm³/mol. The summed E-state index contributed by atoms with van der Waals surface area (Å²) in [4.78, 5) is 17.2. The average molecular weight is 321 g/mol. The quantitative estimate of drug-likeness (QED) is 0.456. The van der Waals surface area contributed by atoms with Crippen LogP contribution < -0.4 is 10.1 Å². The highest BCUT2D eigenvalue weighted by Crippen LogP contribution is 2.23. The van der Waals surface area contributed by atoms with E-state index < -0.39 is 36.2 Å². The Bertz CT molecular complexity index is 575. The molecule has 120 valence electrons. The molecule has 12 heteroatoms. The van der Waals surface area contributed by atoms with Crippen molar-refractivity contribution in [1.82, 2.24) is 9.97 Å². The number of hydrogen-bond acceptors (Lipinski definition) is 8. The van der Waals surface area contributed by atoms with E-state index in [9.17, 15) is 23.3 Å². The van der Waals surface area contributed by atoms with Gasteiger partial charge in [-0.3, -0.25) is 14.9 Å². The maximum atomic E-state index is 11.7. The van der Waals surface area contributed by atoms with Gasteiger partial charge in [0, 0.05) is 0 Å². The van der Waals surface area contributed by atoms with Gasteiger partial charge in [-0.25, -0.2) is 0 Å². The van der Waals surface area contributed by atoms with Gasteiger partial charge >= 0.3 is 18.1 Å². The zero-order valence-electron chi connectivity index (χ0n) is 11.1. The summed E-state index contributed by atoms with van der Waals surface area (Å²) in [5, 5.41) is 21.9. The smallest absolute Gasteiger partial charge is 0.461 e. The molecule has 0 aliphatic rings. The molecule has 0 bridgehead atoms. The molecule has 0 amide bonds. The summed E-state index contributed by atoms with van der Waals surface area (Å²) in [6.45, 7) is 0.134. The summed E-state index contributed by atoms with van der Waals surface area (Å²) in [5.41, 5.74) is -0.499. The number of nitrogens with one attached hydrogen (secondary N) is 1. The van der Waals surface area contributed by atoms with E-state index in [1.54, 1.807) is 6.07 Å². The number of nitrogens with zero attached hydrogens (tertiary/aromatic N) is 4. The molecule has 0 aliphatic carbocycles. The second kappa shape index (κ2) is 7.36. The summed E-state index contributed by atoms with van der Waals surface area (Å²) in [6.07, 6.45) is -3.96. The van der Waals surface area contributed by atoms with Crippen LogP contribution in [0.3, 0.4) is 0 Å². The minimum Gasteiger partial charge on any atom is -0.461 e. The van der Waals surface area contributed by atoms with Crippen LogP contribution in [0.4, 0.5) is 24.7 Å². The van der Waals surface area contributed by atoms with Crippen LogP contribution in [-0.4, -0.2) is 40.5 Å². The summed E-state index contributed by atoms with van der Waals surface area (Å²) in [5.74, 6) is -0.277. The summed E-state index contributed by atoms with van der Waals surface area (Å²) in [6, 6.07) is 0.620. The van der Waals surface area contributed by atoms with Gasteiger partial charge in [0.2, 0.25) is 5.82 Å². The number of hydrogen-bond donors (Lipinski definition) is 1. The molecule has 0 radical (unpaired) electrons. The summed E-state index contributed by atoms with van der Waals surface area (Å²) >= 11 is 0. The first kappa shape index (κ1) is 17.4. The number of aromatic nitrogens is 2. The van der Waals surface area contributed by atoms with Gasteiger partial charge in [-0.1, -0.05) is 0 Å². The van der Waals surface area contributed by atoms with Crippen LogP contribution in [0.15, 0.2) is 6.20 Å².